The van der Waals surface area contributed by atoms with E-state index >= 15 is 0 Å². The first kappa shape index (κ1) is 14.9. The lowest BCUT2D eigenvalue weighted by atomic mass is 9.94. The third-order valence-electron chi connectivity index (χ3n) is 4.80. The third-order valence-corrected chi connectivity index (χ3v) is 4.80. The van der Waals surface area contributed by atoms with Gasteiger partial charge in [0.1, 0.15) is 5.82 Å². The van der Waals surface area contributed by atoms with Gasteiger partial charge in [0.15, 0.2) is 0 Å². The van der Waals surface area contributed by atoms with Crippen molar-refractivity contribution in [3.63, 3.8) is 0 Å². The molecule has 0 amide bonds. The summed E-state index contributed by atoms with van der Waals surface area (Å²) in [7, 11) is 0. The molecule has 0 radical (unpaired) electrons. The van der Waals surface area contributed by atoms with Gasteiger partial charge in [-0.1, -0.05) is 24.6 Å². The molecular weight excluding hydrogens is 267 g/mol. The maximum absolute atomic E-state index is 13.6. The fourth-order valence-corrected chi connectivity index (χ4v) is 3.68. The summed E-state index contributed by atoms with van der Waals surface area (Å²) in [4.78, 5) is 0. The zero-order valence-corrected chi connectivity index (χ0v) is 12.5. The molecule has 1 aromatic carbocycles. The van der Waals surface area contributed by atoms with Crippen molar-refractivity contribution in [3.8, 4) is 0 Å². The van der Waals surface area contributed by atoms with E-state index in [2.05, 4.69) is 10.6 Å². The van der Waals surface area contributed by atoms with Crippen molar-refractivity contribution in [2.45, 2.75) is 37.8 Å². The summed E-state index contributed by atoms with van der Waals surface area (Å²) in [6.07, 6.45) is 4.52. The van der Waals surface area contributed by atoms with Crippen molar-refractivity contribution in [1.29, 1.82) is 0 Å². The number of hydrogen-bond acceptors (Lipinski definition) is 3. The lowest BCUT2D eigenvalue weighted by Crippen LogP contribution is -2.51. The van der Waals surface area contributed by atoms with Crippen LogP contribution in [0.3, 0.4) is 0 Å². The van der Waals surface area contributed by atoms with Crippen molar-refractivity contribution in [2.75, 3.05) is 26.3 Å². The Labute approximate surface area is 126 Å². The van der Waals surface area contributed by atoms with Crippen LogP contribution in [0, 0.1) is 11.7 Å². The van der Waals surface area contributed by atoms with E-state index in [-0.39, 0.29) is 5.82 Å². The lowest BCUT2D eigenvalue weighted by molar-refractivity contribution is 0.0526. The van der Waals surface area contributed by atoms with Gasteiger partial charge in [0.25, 0.3) is 0 Å². The van der Waals surface area contributed by atoms with Gasteiger partial charge < -0.3 is 15.4 Å². The molecular formula is C17H25FN2O. The number of morpholine rings is 1. The lowest BCUT2D eigenvalue weighted by Gasteiger charge is -2.33. The molecule has 2 N–H and O–H groups in total. The second-order valence-corrected chi connectivity index (χ2v) is 6.13. The van der Waals surface area contributed by atoms with Gasteiger partial charge in [-0.05, 0) is 43.4 Å². The first-order chi connectivity index (χ1) is 10.3. The van der Waals surface area contributed by atoms with Crippen LogP contribution in [0.1, 0.15) is 24.8 Å². The Kier molecular flexibility index (Phi) is 5.22. The minimum absolute atomic E-state index is 0.0929. The molecule has 0 aromatic heterocycles. The summed E-state index contributed by atoms with van der Waals surface area (Å²) in [5, 5.41) is 7.23. The van der Waals surface area contributed by atoms with Crippen LogP contribution < -0.4 is 10.6 Å². The maximum Gasteiger partial charge on any atom is 0.126 e. The van der Waals surface area contributed by atoms with Gasteiger partial charge in [0.2, 0.25) is 0 Å². The molecule has 1 aromatic rings. The average Bonchev–Trinajstić information content (AvgIpc) is 2.99. The minimum Gasteiger partial charge on any atom is -0.379 e. The van der Waals surface area contributed by atoms with E-state index in [4.69, 9.17) is 4.74 Å². The highest BCUT2D eigenvalue weighted by Gasteiger charge is 2.34. The van der Waals surface area contributed by atoms with Crippen LogP contribution in [0.5, 0.6) is 0 Å². The van der Waals surface area contributed by atoms with Gasteiger partial charge in [-0.15, -0.1) is 0 Å². The van der Waals surface area contributed by atoms with Crippen LogP contribution in [0.25, 0.3) is 0 Å². The third kappa shape index (κ3) is 3.82. The number of ether oxygens (including phenoxy) is 1. The largest absolute Gasteiger partial charge is 0.379 e. The van der Waals surface area contributed by atoms with Crippen LogP contribution in [0.2, 0.25) is 0 Å². The smallest absolute Gasteiger partial charge is 0.126 e. The van der Waals surface area contributed by atoms with E-state index in [1.165, 1.54) is 25.3 Å². The summed E-state index contributed by atoms with van der Waals surface area (Å²) >= 11 is 0. The molecule has 116 valence electrons. The van der Waals surface area contributed by atoms with Gasteiger partial charge in [-0.3, -0.25) is 0 Å². The molecule has 1 saturated carbocycles. The predicted molar refractivity (Wildman–Crippen MR) is 81.8 cm³/mol. The summed E-state index contributed by atoms with van der Waals surface area (Å²) in [6.45, 7) is 3.46. The van der Waals surface area contributed by atoms with Crippen molar-refractivity contribution in [1.82, 2.24) is 10.6 Å². The number of nitrogens with one attached hydrogen (secondary N) is 2. The van der Waals surface area contributed by atoms with Crippen LogP contribution in [0.4, 0.5) is 4.39 Å². The summed E-state index contributed by atoms with van der Waals surface area (Å²) in [6, 6.07) is 8.08. The van der Waals surface area contributed by atoms with Gasteiger partial charge >= 0.3 is 0 Å². The highest BCUT2D eigenvalue weighted by atomic mass is 19.1. The summed E-state index contributed by atoms with van der Waals surface area (Å²) < 4.78 is 19.2. The fourth-order valence-electron chi connectivity index (χ4n) is 3.68. The molecule has 1 saturated heterocycles. The van der Waals surface area contributed by atoms with Crippen LogP contribution in [-0.2, 0) is 11.2 Å². The zero-order valence-electron chi connectivity index (χ0n) is 12.5. The molecule has 1 aliphatic carbocycles. The van der Waals surface area contributed by atoms with Gasteiger partial charge in [-0.2, -0.15) is 0 Å². The van der Waals surface area contributed by atoms with E-state index in [1.807, 2.05) is 12.1 Å². The van der Waals surface area contributed by atoms with Crippen LogP contribution >= 0.6 is 0 Å². The zero-order chi connectivity index (χ0) is 14.5. The van der Waals surface area contributed by atoms with Crippen molar-refractivity contribution >= 4 is 0 Å². The SMILES string of the molecule is Fc1ccccc1CCNC1CCCC1C1COCCN1. The van der Waals surface area contributed by atoms with E-state index in [0.29, 0.717) is 18.0 Å². The number of hydrogen-bond donors (Lipinski definition) is 2. The van der Waals surface area contributed by atoms with E-state index < -0.39 is 0 Å². The Hall–Kier alpha value is -0.970. The molecule has 3 atom stereocenters. The van der Waals surface area contributed by atoms with E-state index in [0.717, 1.165) is 38.3 Å². The Morgan fingerprint density at radius 3 is 3.00 bits per heavy atom. The number of benzene rings is 1. The Morgan fingerprint density at radius 2 is 2.19 bits per heavy atom. The van der Waals surface area contributed by atoms with E-state index in [1.54, 1.807) is 6.07 Å². The van der Waals surface area contributed by atoms with Crippen molar-refractivity contribution < 1.29 is 9.13 Å². The predicted octanol–water partition coefficient (Wildman–Crippen LogP) is 2.11. The fraction of sp³-hybridized carbons (Fsp3) is 0.647. The highest BCUT2D eigenvalue weighted by Crippen LogP contribution is 2.29. The first-order valence-corrected chi connectivity index (χ1v) is 8.12. The normalized spacial score (nSPS) is 29.7. The molecule has 1 aliphatic heterocycles. The molecule has 4 heteroatoms. The molecule has 0 bridgehead atoms. The summed E-state index contributed by atoms with van der Waals surface area (Å²) in [5.41, 5.74) is 0.804. The minimum atomic E-state index is -0.0929. The Balaban J connectivity index is 1.49. The molecule has 3 rings (SSSR count). The molecule has 3 unspecified atom stereocenters. The van der Waals surface area contributed by atoms with Crippen molar-refractivity contribution in [3.05, 3.63) is 35.6 Å². The summed E-state index contributed by atoms with van der Waals surface area (Å²) in [5.74, 6) is 0.551. The second kappa shape index (κ2) is 7.34. The molecule has 0 spiro atoms. The average molecular weight is 292 g/mol. The van der Waals surface area contributed by atoms with E-state index in [9.17, 15) is 4.39 Å². The Morgan fingerprint density at radius 1 is 1.29 bits per heavy atom. The van der Waals surface area contributed by atoms with Crippen LogP contribution in [0.15, 0.2) is 24.3 Å². The van der Waals surface area contributed by atoms with Gasteiger partial charge in [0, 0.05) is 18.6 Å². The molecule has 2 fully saturated rings. The number of rotatable bonds is 5. The topological polar surface area (TPSA) is 33.3 Å². The standard InChI is InChI=1S/C17H25FN2O/c18-15-6-2-1-4-13(15)8-9-19-16-7-3-5-14(16)17-12-21-11-10-20-17/h1-2,4,6,14,16-17,19-20H,3,5,7-12H2. The monoisotopic (exact) mass is 292 g/mol. The molecule has 1 heterocycles. The van der Waals surface area contributed by atoms with Crippen molar-refractivity contribution in [2.24, 2.45) is 5.92 Å². The molecule has 3 nitrogen and oxygen atoms in total. The quantitative estimate of drug-likeness (QED) is 0.872. The van der Waals surface area contributed by atoms with Gasteiger partial charge in [0.05, 0.1) is 13.2 Å². The van der Waals surface area contributed by atoms with Crippen LogP contribution in [-0.4, -0.2) is 38.4 Å². The first-order valence-electron chi connectivity index (χ1n) is 8.12. The maximum atomic E-state index is 13.6. The molecule has 2 aliphatic rings. The van der Waals surface area contributed by atoms with Gasteiger partial charge in [-0.25, -0.2) is 4.39 Å². The second-order valence-electron chi connectivity index (χ2n) is 6.13. The highest BCUT2D eigenvalue weighted by molar-refractivity contribution is 5.17. The molecule has 21 heavy (non-hydrogen) atoms. The number of halogens is 1. The Bertz CT molecular complexity index is 448.